The first-order valence-corrected chi connectivity index (χ1v) is 9.98. The van der Waals surface area contributed by atoms with E-state index in [0.29, 0.717) is 12.0 Å². The highest BCUT2D eigenvalue weighted by atomic mass is 19.4. The summed E-state index contributed by atoms with van der Waals surface area (Å²) in [6.45, 7) is 4.17. The zero-order valence-electron chi connectivity index (χ0n) is 18.3. The highest BCUT2D eigenvalue weighted by Gasteiger charge is 2.57. The number of methoxy groups -OCH3 is 1. The van der Waals surface area contributed by atoms with Crippen molar-refractivity contribution < 1.29 is 31.8 Å². The van der Waals surface area contributed by atoms with Gasteiger partial charge in [-0.2, -0.15) is 13.2 Å². The molecule has 1 aromatic heterocycles. The molecule has 10 heteroatoms. The number of hydrogen-bond acceptors (Lipinski definition) is 5. The van der Waals surface area contributed by atoms with Gasteiger partial charge in [0.1, 0.15) is 11.6 Å². The van der Waals surface area contributed by atoms with Crippen LogP contribution in [0.3, 0.4) is 0 Å². The Morgan fingerprint density at radius 2 is 1.85 bits per heavy atom. The first-order chi connectivity index (χ1) is 15.4. The molecule has 0 saturated heterocycles. The Hall–Kier alpha value is -3.14. The maximum Gasteiger partial charge on any atom is 0.422 e. The van der Waals surface area contributed by atoms with Crippen LogP contribution in [0.5, 0.6) is 5.75 Å². The maximum absolute atomic E-state index is 14.1. The topological polar surface area (TPSA) is 67.6 Å². The van der Waals surface area contributed by atoms with Gasteiger partial charge in [0.2, 0.25) is 0 Å². The van der Waals surface area contributed by atoms with Crippen LogP contribution in [0.4, 0.5) is 27.6 Å². The largest absolute Gasteiger partial charge is 0.493 e. The number of benzene rings is 2. The zero-order valence-corrected chi connectivity index (χ0v) is 18.3. The molecule has 0 aliphatic rings. The van der Waals surface area contributed by atoms with Gasteiger partial charge in [-0.3, -0.25) is 4.99 Å². The molecule has 1 heterocycles. The molecule has 3 atom stereocenters. The molecule has 0 aliphatic heterocycles. The lowest BCUT2D eigenvalue weighted by atomic mass is 9.76. The SMILES string of the molecule is COc1c(F)cccc1C(C)C(C)C(O)(C=Nc1cc(F)cc2nc(C)ncc12)C(F)(F)F. The molecule has 176 valence electrons. The quantitative estimate of drug-likeness (QED) is 0.375. The van der Waals surface area contributed by atoms with Gasteiger partial charge in [-0.1, -0.05) is 26.0 Å². The number of aryl methyl sites for hydroxylation is 1. The highest BCUT2D eigenvalue weighted by Crippen LogP contribution is 2.44. The lowest BCUT2D eigenvalue weighted by Crippen LogP contribution is -2.53. The summed E-state index contributed by atoms with van der Waals surface area (Å²) in [5, 5.41) is 11.0. The van der Waals surface area contributed by atoms with E-state index in [1.165, 1.54) is 39.3 Å². The monoisotopic (exact) mass is 467 g/mol. The van der Waals surface area contributed by atoms with E-state index in [-0.39, 0.29) is 27.9 Å². The smallest absolute Gasteiger partial charge is 0.422 e. The van der Waals surface area contributed by atoms with Gasteiger partial charge in [-0.15, -0.1) is 0 Å². The number of fused-ring (bicyclic) bond motifs is 1. The van der Waals surface area contributed by atoms with Crippen molar-refractivity contribution in [1.82, 2.24) is 9.97 Å². The average molecular weight is 467 g/mol. The second-order valence-corrected chi connectivity index (χ2v) is 7.80. The fraction of sp³-hybridized carbons (Fsp3) is 0.348. The van der Waals surface area contributed by atoms with Crippen LogP contribution < -0.4 is 4.74 Å². The minimum atomic E-state index is -5.14. The first-order valence-electron chi connectivity index (χ1n) is 9.98. The van der Waals surface area contributed by atoms with Crippen molar-refractivity contribution in [3.8, 4) is 5.75 Å². The number of halogens is 5. The van der Waals surface area contributed by atoms with Crippen LogP contribution in [0.2, 0.25) is 0 Å². The number of ether oxygens (including phenoxy) is 1. The van der Waals surface area contributed by atoms with E-state index in [2.05, 4.69) is 15.0 Å². The Labute approximate surface area is 187 Å². The number of aliphatic imine (C=N–C) groups is 1. The zero-order chi connectivity index (χ0) is 24.6. The van der Waals surface area contributed by atoms with Crippen LogP contribution in [-0.4, -0.2) is 40.2 Å². The van der Waals surface area contributed by atoms with Crippen molar-refractivity contribution in [3.05, 3.63) is 59.6 Å². The Morgan fingerprint density at radius 3 is 2.48 bits per heavy atom. The third kappa shape index (κ3) is 4.66. The van der Waals surface area contributed by atoms with E-state index >= 15 is 0 Å². The molecule has 0 radical (unpaired) electrons. The molecule has 5 nitrogen and oxygen atoms in total. The van der Waals surface area contributed by atoms with Gasteiger partial charge < -0.3 is 9.84 Å². The molecule has 3 aromatic rings. The summed E-state index contributed by atoms with van der Waals surface area (Å²) in [4.78, 5) is 11.8. The Bertz CT molecular complexity index is 1190. The second kappa shape index (κ2) is 9.01. The van der Waals surface area contributed by atoms with E-state index in [0.717, 1.165) is 18.2 Å². The number of aromatic nitrogens is 2. The van der Waals surface area contributed by atoms with Gasteiger partial charge in [0, 0.05) is 41.4 Å². The highest BCUT2D eigenvalue weighted by molar-refractivity contribution is 5.91. The van der Waals surface area contributed by atoms with Crippen LogP contribution in [0.1, 0.15) is 31.2 Å². The van der Waals surface area contributed by atoms with Crippen LogP contribution >= 0.6 is 0 Å². The molecule has 0 spiro atoms. The van der Waals surface area contributed by atoms with Crippen molar-refractivity contribution in [2.75, 3.05) is 7.11 Å². The number of hydrogen-bond donors (Lipinski definition) is 1. The minimum Gasteiger partial charge on any atom is -0.493 e. The van der Waals surface area contributed by atoms with E-state index in [1.54, 1.807) is 6.92 Å². The van der Waals surface area contributed by atoms with Gasteiger partial charge in [0.05, 0.1) is 18.3 Å². The molecular formula is C23H22F5N3O2. The molecule has 3 rings (SSSR count). The van der Waals surface area contributed by atoms with Crippen LogP contribution in [0.25, 0.3) is 10.9 Å². The van der Waals surface area contributed by atoms with Gasteiger partial charge in [0.15, 0.2) is 17.2 Å². The Balaban J connectivity index is 2.09. The summed E-state index contributed by atoms with van der Waals surface area (Å²) in [6.07, 6.45) is -3.48. The predicted molar refractivity (Wildman–Crippen MR) is 114 cm³/mol. The summed E-state index contributed by atoms with van der Waals surface area (Å²) in [5.74, 6) is -3.86. The lowest BCUT2D eigenvalue weighted by molar-refractivity contribution is -0.246. The Kier molecular flexibility index (Phi) is 6.69. The molecule has 33 heavy (non-hydrogen) atoms. The molecule has 0 saturated carbocycles. The van der Waals surface area contributed by atoms with E-state index in [4.69, 9.17) is 4.74 Å². The van der Waals surface area contributed by atoms with Crippen molar-refractivity contribution in [3.63, 3.8) is 0 Å². The van der Waals surface area contributed by atoms with Gasteiger partial charge >= 0.3 is 6.18 Å². The third-order valence-electron chi connectivity index (χ3n) is 5.75. The van der Waals surface area contributed by atoms with Crippen molar-refractivity contribution >= 4 is 22.8 Å². The summed E-state index contributed by atoms with van der Waals surface area (Å²) in [7, 11) is 1.20. The molecule has 0 aliphatic carbocycles. The number of nitrogens with zero attached hydrogens (tertiary/aromatic N) is 3. The van der Waals surface area contributed by atoms with Gasteiger partial charge in [-0.25, -0.2) is 18.7 Å². The molecule has 0 amide bonds. The first kappa shape index (κ1) is 24.5. The predicted octanol–water partition coefficient (Wildman–Crippen LogP) is 5.66. The Morgan fingerprint density at radius 1 is 1.15 bits per heavy atom. The number of alkyl halides is 3. The fourth-order valence-corrected chi connectivity index (χ4v) is 3.65. The summed E-state index contributed by atoms with van der Waals surface area (Å²) in [6, 6.07) is 5.93. The fourth-order valence-electron chi connectivity index (χ4n) is 3.65. The van der Waals surface area contributed by atoms with Crippen LogP contribution in [0.15, 0.2) is 41.5 Å². The third-order valence-corrected chi connectivity index (χ3v) is 5.75. The average Bonchev–Trinajstić information content (AvgIpc) is 2.74. The molecule has 3 unspecified atom stereocenters. The number of rotatable bonds is 6. The summed E-state index contributed by atoms with van der Waals surface area (Å²) in [5.41, 5.74) is -3.28. The van der Waals surface area contributed by atoms with Crippen LogP contribution in [-0.2, 0) is 0 Å². The standard InChI is InChI=1S/C23H22F5N3O2/c1-12(16-6-5-7-18(25)21(16)33-4)13(2)22(32,23(26,27)28)11-30-19-8-15(24)9-20-17(19)10-29-14(3)31-20/h5-13,32H,1-4H3. The van der Waals surface area contributed by atoms with Crippen molar-refractivity contribution in [2.45, 2.75) is 38.5 Å². The summed E-state index contributed by atoms with van der Waals surface area (Å²) >= 11 is 0. The van der Waals surface area contributed by atoms with Gasteiger partial charge in [0.25, 0.3) is 0 Å². The number of aliphatic hydroxyl groups is 1. The molecule has 2 aromatic carbocycles. The molecule has 1 N–H and O–H groups in total. The minimum absolute atomic E-state index is 0.154. The van der Waals surface area contributed by atoms with E-state index < -0.39 is 35.2 Å². The number of para-hydroxylation sites is 1. The van der Waals surface area contributed by atoms with Crippen molar-refractivity contribution in [1.29, 1.82) is 0 Å². The molecular weight excluding hydrogens is 445 g/mol. The van der Waals surface area contributed by atoms with E-state index in [1.807, 2.05) is 0 Å². The molecule has 0 bridgehead atoms. The second-order valence-electron chi connectivity index (χ2n) is 7.80. The maximum atomic E-state index is 14.1. The lowest BCUT2D eigenvalue weighted by Gasteiger charge is -2.36. The van der Waals surface area contributed by atoms with E-state index in [9.17, 15) is 27.1 Å². The van der Waals surface area contributed by atoms with Gasteiger partial charge in [-0.05, 0) is 18.9 Å². The normalized spacial score (nSPS) is 16.1. The summed E-state index contributed by atoms with van der Waals surface area (Å²) < 4.78 is 75.5. The molecule has 0 fully saturated rings. The van der Waals surface area contributed by atoms with Crippen molar-refractivity contribution in [2.24, 2.45) is 10.9 Å². The van der Waals surface area contributed by atoms with Crippen LogP contribution in [0, 0.1) is 24.5 Å².